The minimum absolute atomic E-state index is 0.171. The summed E-state index contributed by atoms with van der Waals surface area (Å²) in [7, 11) is 1.85. The van der Waals surface area contributed by atoms with Crippen molar-refractivity contribution in [3.63, 3.8) is 0 Å². The molecule has 1 unspecified atom stereocenters. The highest BCUT2D eigenvalue weighted by Gasteiger charge is 2.36. The molecule has 1 amide bonds. The number of amides is 1. The van der Waals surface area contributed by atoms with Crippen LogP contribution in [0.3, 0.4) is 0 Å². The summed E-state index contributed by atoms with van der Waals surface area (Å²) in [5.41, 5.74) is 4.68. The van der Waals surface area contributed by atoms with E-state index in [9.17, 15) is 4.79 Å². The third kappa shape index (κ3) is 2.03. The predicted molar refractivity (Wildman–Crippen MR) is 75.0 cm³/mol. The number of benzene rings is 1. The number of nitrogens with one attached hydrogen (secondary N) is 1. The van der Waals surface area contributed by atoms with E-state index < -0.39 is 0 Å². The third-order valence-corrected chi connectivity index (χ3v) is 3.59. The molecule has 1 heterocycles. The number of unbranched alkanes of at least 4 members (excludes halogenated alkanes) is 1. The Hall–Kier alpha value is -1.35. The van der Waals surface area contributed by atoms with E-state index in [1.807, 2.05) is 11.9 Å². The van der Waals surface area contributed by atoms with Gasteiger partial charge in [-0.3, -0.25) is 4.79 Å². The van der Waals surface area contributed by atoms with Crippen LogP contribution in [0.5, 0.6) is 0 Å². The lowest BCUT2D eigenvalue weighted by Gasteiger charge is -2.19. The SMILES string of the molecule is CCCCN1C(=O)C(NC)c2cc(C)cc(C)c21. The van der Waals surface area contributed by atoms with Crippen LogP contribution >= 0.6 is 0 Å². The standard InChI is InChI=1S/C15H22N2O/c1-5-6-7-17-14-11(3)8-10(2)9-12(14)13(16-4)15(17)18/h8-9,13,16H,5-7H2,1-4H3. The van der Waals surface area contributed by atoms with Crippen molar-refractivity contribution in [3.8, 4) is 0 Å². The number of aryl methyl sites for hydroxylation is 2. The number of likely N-dealkylation sites (N-methyl/N-ethyl adjacent to an activating group) is 1. The van der Waals surface area contributed by atoms with Crippen LogP contribution in [0.15, 0.2) is 12.1 Å². The van der Waals surface area contributed by atoms with Gasteiger partial charge in [0.05, 0.1) is 5.69 Å². The Labute approximate surface area is 109 Å². The topological polar surface area (TPSA) is 32.3 Å². The molecule has 1 aromatic carbocycles. The lowest BCUT2D eigenvalue weighted by atomic mass is 10.0. The number of hydrogen-bond acceptors (Lipinski definition) is 2. The summed E-state index contributed by atoms with van der Waals surface area (Å²) in [6.45, 7) is 7.15. The van der Waals surface area contributed by atoms with E-state index in [2.05, 4.69) is 38.2 Å². The second kappa shape index (κ2) is 5.11. The molecule has 0 bridgehead atoms. The first-order chi connectivity index (χ1) is 8.60. The fourth-order valence-corrected chi connectivity index (χ4v) is 2.80. The van der Waals surface area contributed by atoms with Crippen LogP contribution in [0, 0.1) is 13.8 Å². The summed E-state index contributed by atoms with van der Waals surface area (Å²) >= 11 is 0. The predicted octanol–water partition coefficient (Wildman–Crippen LogP) is 2.71. The van der Waals surface area contributed by atoms with Crippen molar-refractivity contribution in [1.29, 1.82) is 0 Å². The normalized spacial score (nSPS) is 18.3. The molecule has 1 aromatic rings. The minimum atomic E-state index is -0.171. The van der Waals surface area contributed by atoms with Crippen LogP contribution in [-0.2, 0) is 4.79 Å². The van der Waals surface area contributed by atoms with Crippen molar-refractivity contribution in [1.82, 2.24) is 5.32 Å². The molecular formula is C15H22N2O. The van der Waals surface area contributed by atoms with Gasteiger partial charge < -0.3 is 10.2 Å². The van der Waals surface area contributed by atoms with Crippen molar-refractivity contribution < 1.29 is 4.79 Å². The maximum Gasteiger partial charge on any atom is 0.248 e. The van der Waals surface area contributed by atoms with Crippen molar-refractivity contribution in [2.24, 2.45) is 0 Å². The molecule has 1 aliphatic heterocycles. The van der Waals surface area contributed by atoms with Crippen LogP contribution in [-0.4, -0.2) is 19.5 Å². The molecule has 0 aromatic heterocycles. The van der Waals surface area contributed by atoms with Gasteiger partial charge in [0.2, 0.25) is 5.91 Å². The monoisotopic (exact) mass is 246 g/mol. The van der Waals surface area contributed by atoms with Gasteiger partial charge >= 0.3 is 0 Å². The average Bonchev–Trinajstić information content (AvgIpc) is 2.58. The average molecular weight is 246 g/mol. The molecule has 3 nitrogen and oxygen atoms in total. The van der Waals surface area contributed by atoms with Crippen LogP contribution in [0.25, 0.3) is 0 Å². The van der Waals surface area contributed by atoms with Crippen LogP contribution in [0.1, 0.15) is 42.5 Å². The van der Waals surface area contributed by atoms with Gasteiger partial charge in [-0.1, -0.05) is 31.0 Å². The summed E-state index contributed by atoms with van der Waals surface area (Å²) in [5.74, 6) is 0.189. The number of carbonyl (C=O) groups excluding carboxylic acids is 1. The molecule has 0 saturated heterocycles. The van der Waals surface area contributed by atoms with Crippen molar-refractivity contribution >= 4 is 11.6 Å². The number of rotatable bonds is 4. The Morgan fingerprint density at radius 3 is 2.67 bits per heavy atom. The molecule has 1 N–H and O–H groups in total. The maximum absolute atomic E-state index is 12.4. The highest BCUT2D eigenvalue weighted by Crippen LogP contribution is 2.39. The number of nitrogens with zero attached hydrogens (tertiary/aromatic N) is 1. The fourth-order valence-electron chi connectivity index (χ4n) is 2.80. The molecule has 3 heteroatoms. The molecule has 0 fully saturated rings. The Balaban J connectivity index is 2.46. The first-order valence-electron chi connectivity index (χ1n) is 6.70. The van der Waals surface area contributed by atoms with Gasteiger partial charge in [-0.2, -0.15) is 0 Å². The van der Waals surface area contributed by atoms with Crippen LogP contribution in [0.4, 0.5) is 5.69 Å². The van der Waals surface area contributed by atoms with Crippen molar-refractivity contribution in [2.75, 3.05) is 18.5 Å². The molecule has 1 atom stereocenters. The van der Waals surface area contributed by atoms with E-state index in [4.69, 9.17) is 0 Å². The van der Waals surface area contributed by atoms with E-state index in [1.54, 1.807) is 0 Å². The number of carbonyl (C=O) groups is 1. The first kappa shape index (κ1) is 13.1. The maximum atomic E-state index is 12.4. The molecule has 98 valence electrons. The quantitative estimate of drug-likeness (QED) is 0.886. The summed E-state index contributed by atoms with van der Waals surface area (Å²) in [4.78, 5) is 14.4. The zero-order valence-electron chi connectivity index (χ0n) is 11.7. The molecule has 2 rings (SSSR count). The van der Waals surface area contributed by atoms with Crippen molar-refractivity contribution in [2.45, 2.75) is 39.7 Å². The van der Waals surface area contributed by atoms with Crippen LogP contribution < -0.4 is 10.2 Å². The van der Waals surface area contributed by atoms with Gasteiger partial charge in [-0.25, -0.2) is 0 Å². The molecule has 0 radical (unpaired) electrons. The minimum Gasteiger partial charge on any atom is -0.310 e. The second-order valence-corrected chi connectivity index (χ2v) is 5.08. The summed E-state index contributed by atoms with van der Waals surface area (Å²) < 4.78 is 0. The van der Waals surface area contributed by atoms with Crippen LogP contribution in [0.2, 0.25) is 0 Å². The highest BCUT2D eigenvalue weighted by molar-refractivity contribution is 6.05. The molecule has 18 heavy (non-hydrogen) atoms. The summed E-state index contributed by atoms with van der Waals surface area (Å²) in [5, 5.41) is 3.14. The van der Waals surface area contributed by atoms with E-state index in [1.165, 1.54) is 11.1 Å². The van der Waals surface area contributed by atoms with Crippen molar-refractivity contribution in [3.05, 3.63) is 28.8 Å². The first-order valence-corrected chi connectivity index (χ1v) is 6.70. The van der Waals surface area contributed by atoms with Gasteiger partial charge in [-0.05, 0) is 32.9 Å². The van der Waals surface area contributed by atoms with Gasteiger partial charge in [0, 0.05) is 12.1 Å². The largest absolute Gasteiger partial charge is 0.310 e. The summed E-state index contributed by atoms with van der Waals surface area (Å²) in [6, 6.07) is 4.12. The zero-order valence-corrected chi connectivity index (χ0v) is 11.7. The zero-order chi connectivity index (χ0) is 13.3. The second-order valence-electron chi connectivity index (χ2n) is 5.08. The highest BCUT2D eigenvalue weighted by atomic mass is 16.2. The third-order valence-electron chi connectivity index (χ3n) is 3.59. The Kier molecular flexibility index (Phi) is 3.71. The van der Waals surface area contributed by atoms with E-state index in [0.29, 0.717) is 0 Å². The molecule has 0 saturated carbocycles. The Morgan fingerprint density at radius 2 is 2.06 bits per heavy atom. The van der Waals surface area contributed by atoms with Gasteiger partial charge in [0.15, 0.2) is 0 Å². The Bertz CT molecular complexity index is 468. The van der Waals surface area contributed by atoms with Gasteiger partial charge in [0.1, 0.15) is 6.04 Å². The number of fused-ring (bicyclic) bond motifs is 1. The smallest absolute Gasteiger partial charge is 0.248 e. The van der Waals surface area contributed by atoms with Gasteiger partial charge in [0.25, 0.3) is 0 Å². The fraction of sp³-hybridized carbons (Fsp3) is 0.533. The van der Waals surface area contributed by atoms with Gasteiger partial charge in [-0.15, -0.1) is 0 Å². The molecule has 0 aliphatic carbocycles. The Morgan fingerprint density at radius 1 is 1.33 bits per heavy atom. The van der Waals surface area contributed by atoms with E-state index in [-0.39, 0.29) is 11.9 Å². The molecule has 1 aliphatic rings. The summed E-state index contributed by atoms with van der Waals surface area (Å²) in [6.07, 6.45) is 2.16. The van der Waals surface area contributed by atoms with E-state index in [0.717, 1.165) is 30.6 Å². The van der Waals surface area contributed by atoms with E-state index >= 15 is 0 Å². The molecular weight excluding hydrogens is 224 g/mol. The molecule has 0 spiro atoms. The number of hydrogen-bond donors (Lipinski definition) is 1. The lowest BCUT2D eigenvalue weighted by Crippen LogP contribution is -2.34. The number of anilines is 1. The lowest BCUT2D eigenvalue weighted by molar-refractivity contribution is -0.119.